The fourth-order valence-corrected chi connectivity index (χ4v) is 6.03. The van der Waals surface area contributed by atoms with Gasteiger partial charge in [-0.1, -0.05) is 43.5 Å². The summed E-state index contributed by atoms with van der Waals surface area (Å²) in [6.45, 7) is 4.14. The van der Waals surface area contributed by atoms with Crippen molar-refractivity contribution in [2.45, 2.75) is 75.6 Å². The molecule has 0 bridgehead atoms. The molecule has 0 spiro atoms. The zero-order chi connectivity index (χ0) is 22.6. The number of hydrogen-bond acceptors (Lipinski definition) is 5. The van der Waals surface area contributed by atoms with Gasteiger partial charge in [0.25, 0.3) is 10.0 Å². The molecule has 4 rings (SSSR count). The maximum absolute atomic E-state index is 13.1. The Labute approximate surface area is 191 Å². The lowest BCUT2D eigenvalue weighted by Gasteiger charge is -2.31. The van der Waals surface area contributed by atoms with Gasteiger partial charge in [-0.05, 0) is 73.5 Å². The predicted molar refractivity (Wildman–Crippen MR) is 128 cm³/mol. The van der Waals surface area contributed by atoms with Crippen molar-refractivity contribution in [3.63, 3.8) is 0 Å². The van der Waals surface area contributed by atoms with E-state index in [1.54, 1.807) is 18.2 Å². The second-order valence-electron chi connectivity index (χ2n) is 9.18. The SMILES string of the molecule is C[C@H](NCc1ccccc1NS(=O)(=O)c1ccc2c(c1)CCNC2)C(O)C1CCCCC1. The Bertz CT molecular complexity index is 1020. The molecule has 2 atom stereocenters. The van der Waals surface area contributed by atoms with E-state index in [1.165, 1.54) is 19.3 Å². The molecule has 1 heterocycles. The van der Waals surface area contributed by atoms with Crippen molar-refractivity contribution in [1.82, 2.24) is 10.6 Å². The fraction of sp³-hybridized carbons (Fsp3) is 0.520. The summed E-state index contributed by atoms with van der Waals surface area (Å²) in [6, 6.07) is 12.8. The van der Waals surface area contributed by atoms with Gasteiger partial charge in [-0.25, -0.2) is 8.42 Å². The summed E-state index contributed by atoms with van der Waals surface area (Å²) in [5.41, 5.74) is 3.68. The standard InChI is InChI=1S/C25H35N3O3S/c1-18(25(29)19-7-3-2-4-8-19)27-17-22-9-5-6-10-24(22)28-32(30,31)23-12-11-21-16-26-14-13-20(21)15-23/h5-6,9-12,15,18-19,25-29H,2-4,7-8,13-14,16-17H2,1H3/t18-,25?/m0/s1. The summed E-state index contributed by atoms with van der Waals surface area (Å²) in [5.74, 6) is 0.346. The van der Waals surface area contributed by atoms with Crippen molar-refractivity contribution in [2.75, 3.05) is 11.3 Å². The minimum Gasteiger partial charge on any atom is -0.391 e. The molecule has 2 aliphatic rings. The summed E-state index contributed by atoms with van der Waals surface area (Å²) in [4.78, 5) is 0.294. The molecular weight excluding hydrogens is 422 g/mol. The van der Waals surface area contributed by atoms with Crippen LogP contribution in [0.5, 0.6) is 0 Å². The van der Waals surface area contributed by atoms with Crippen LogP contribution in [-0.4, -0.2) is 32.2 Å². The predicted octanol–water partition coefficient (Wildman–Crippen LogP) is 3.55. The zero-order valence-corrected chi connectivity index (χ0v) is 19.6. The normalized spacial score (nSPS) is 19.2. The topological polar surface area (TPSA) is 90.5 Å². The molecule has 2 aromatic carbocycles. The van der Waals surface area contributed by atoms with Gasteiger partial charge in [-0.15, -0.1) is 0 Å². The molecule has 1 fully saturated rings. The van der Waals surface area contributed by atoms with E-state index >= 15 is 0 Å². The molecule has 7 heteroatoms. The molecular formula is C25H35N3O3S. The highest BCUT2D eigenvalue weighted by Crippen LogP contribution is 2.28. The Hall–Kier alpha value is -1.93. The number of rotatable bonds is 8. The van der Waals surface area contributed by atoms with Crippen LogP contribution >= 0.6 is 0 Å². The van der Waals surface area contributed by atoms with Crippen LogP contribution < -0.4 is 15.4 Å². The lowest BCUT2D eigenvalue weighted by molar-refractivity contribution is 0.0551. The number of hydrogen-bond donors (Lipinski definition) is 4. The third-order valence-electron chi connectivity index (χ3n) is 6.90. The summed E-state index contributed by atoms with van der Waals surface area (Å²) >= 11 is 0. The van der Waals surface area contributed by atoms with E-state index in [0.717, 1.165) is 49.0 Å². The zero-order valence-electron chi connectivity index (χ0n) is 18.8. The van der Waals surface area contributed by atoms with Gasteiger partial charge in [0.15, 0.2) is 0 Å². The highest BCUT2D eigenvalue weighted by molar-refractivity contribution is 7.92. The van der Waals surface area contributed by atoms with Crippen molar-refractivity contribution in [2.24, 2.45) is 5.92 Å². The Kier molecular flexibility index (Phi) is 7.51. The van der Waals surface area contributed by atoms with Crippen molar-refractivity contribution >= 4 is 15.7 Å². The average molecular weight is 458 g/mol. The highest BCUT2D eigenvalue weighted by Gasteiger charge is 2.26. The third kappa shape index (κ3) is 5.52. The third-order valence-corrected chi connectivity index (χ3v) is 8.26. The van der Waals surface area contributed by atoms with Crippen LogP contribution in [-0.2, 0) is 29.5 Å². The molecule has 0 amide bonds. The summed E-state index contributed by atoms with van der Waals surface area (Å²) in [6.07, 6.45) is 6.27. The smallest absolute Gasteiger partial charge is 0.261 e. The van der Waals surface area contributed by atoms with E-state index in [4.69, 9.17) is 0 Å². The van der Waals surface area contributed by atoms with E-state index in [-0.39, 0.29) is 12.1 Å². The lowest BCUT2D eigenvalue weighted by Crippen LogP contribution is -2.42. The number of nitrogens with one attached hydrogen (secondary N) is 3. The molecule has 32 heavy (non-hydrogen) atoms. The molecule has 1 unspecified atom stereocenters. The van der Waals surface area contributed by atoms with Crippen molar-refractivity contribution in [1.29, 1.82) is 0 Å². The van der Waals surface area contributed by atoms with Gasteiger partial charge in [-0.3, -0.25) is 4.72 Å². The number of fused-ring (bicyclic) bond motifs is 1. The summed E-state index contributed by atoms with van der Waals surface area (Å²) in [7, 11) is -3.69. The molecule has 174 valence electrons. The first-order chi connectivity index (χ1) is 15.4. The van der Waals surface area contributed by atoms with Crippen molar-refractivity contribution < 1.29 is 13.5 Å². The molecule has 6 nitrogen and oxygen atoms in total. The maximum Gasteiger partial charge on any atom is 0.261 e. The van der Waals surface area contributed by atoms with Crippen LogP contribution in [0.4, 0.5) is 5.69 Å². The van der Waals surface area contributed by atoms with E-state index in [9.17, 15) is 13.5 Å². The molecule has 0 radical (unpaired) electrons. The minimum absolute atomic E-state index is 0.0583. The van der Waals surface area contributed by atoms with E-state index < -0.39 is 10.0 Å². The van der Waals surface area contributed by atoms with Gasteiger partial charge < -0.3 is 15.7 Å². The Balaban J connectivity index is 1.44. The van der Waals surface area contributed by atoms with Crippen molar-refractivity contribution in [3.05, 3.63) is 59.2 Å². The molecule has 2 aromatic rings. The fourth-order valence-electron chi connectivity index (χ4n) is 4.87. The highest BCUT2D eigenvalue weighted by atomic mass is 32.2. The molecule has 0 saturated heterocycles. The van der Waals surface area contributed by atoms with Gasteiger partial charge in [0.1, 0.15) is 0 Å². The van der Waals surface area contributed by atoms with Gasteiger partial charge in [-0.2, -0.15) is 0 Å². The van der Waals surface area contributed by atoms with Gasteiger partial charge >= 0.3 is 0 Å². The minimum atomic E-state index is -3.69. The second kappa shape index (κ2) is 10.3. The number of sulfonamides is 1. The number of aliphatic hydroxyl groups excluding tert-OH is 1. The largest absolute Gasteiger partial charge is 0.391 e. The molecule has 4 N–H and O–H groups in total. The van der Waals surface area contributed by atoms with Gasteiger partial charge in [0.05, 0.1) is 16.7 Å². The monoisotopic (exact) mass is 457 g/mol. The maximum atomic E-state index is 13.1. The quantitative estimate of drug-likeness (QED) is 0.487. The van der Waals surface area contributed by atoms with Crippen molar-refractivity contribution in [3.8, 4) is 0 Å². The summed E-state index contributed by atoms with van der Waals surface area (Å²) in [5, 5.41) is 17.5. The van der Waals surface area contributed by atoms with Gasteiger partial charge in [0, 0.05) is 19.1 Å². The number of para-hydroxylation sites is 1. The van der Waals surface area contributed by atoms with E-state index in [0.29, 0.717) is 23.0 Å². The number of benzene rings is 2. The molecule has 1 saturated carbocycles. The van der Waals surface area contributed by atoms with Crippen LogP contribution in [0, 0.1) is 5.92 Å². The summed E-state index contributed by atoms with van der Waals surface area (Å²) < 4.78 is 29.0. The van der Waals surface area contributed by atoms with Crippen LogP contribution in [0.2, 0.25) is 0 Å². The van der Waals surface area contributed by atoms with Crippen LogP contribution in [0.1, 0.15) is 55.7 Å². The molecule has 0 aromatic heterocycles. The Morgan fingerprint density at radius 1 is 1.09 bits per heavy atom. The second-order valence-corrected chi connectivity index (χ2v) is 10.9. The average Bonchev–Trinajstić information content (AvgIpc) is 2.83. The number of aliphatic hydroxyl groups is 1. The van der Waals surface area contributed by atoms with Crippen LogP contribution in [0.3, 0.4) is 0 Å². The Morgan fingerprint density at radius 2 is 1.88 bits per heavy atom. The Morgan fingerprint density at radius 3 is 2.69 bits per heavy atom. The van der Waals surface area contributed by atoms with Crippen LogP contribution in [0.25, 0.3) is 0 Å². The number of anilines is 1. The molecule has 1 aliphatic heterocycles. The van der Waals surface area contributed by atoms with E-state index in [1.807, 2.05) is 31.2 Å². The first-order valence-electron chi connectivity index (χ1n) is 11.8. The van der Waals surface area contributed by atoms with Gasteiger partial charge in [0.2, 0.25) is 0 Å². The van der Waals surface area contributed by atoms with E-state index in [2.05, 4.69) is 15.4 Å². The van der Waals surface area contributed by atoms with Crippen LogP contribution in [0.15, 0.2) is 47.4 Å². The first-order valence-corrected chi connectivity index (χ1v) is 13.3. The first kappa shape index (κ1) is 23.2. The lowest BCUT2D eigenvalue weighted by atomic mass is 9.83. The molecule has 1 aliphatic carbocycles.